The molecule has 2 N–H and O–H groups in total. The Hall–Kier alpha value is -0.0800. The third-order valence-corrected chi connectivity index (χ3v) is 0.800. The van der Waals surface area contributed by atoms with E-state index in [0.29, 0.717) is 0 Å². The van der Waals surface area contributed by atoms with Gasteiger partial charge in [-0.15, -0.1) is 0 Å². The van der Waals surface area contributed by atoms with E-state index in [0.717, 1.165) is 17.6 Å². The summed E-state index contributed by atoms with van der Waals surface area (Å²) in [5, 5.41) is 0. The molecule has 0 heterocycles. The number of rotatable bonds is 2. The Bertz CT molecular complexity index is 44.5. The lowest BCUT2D eigenvalue weighted by molar-refractivity contribution is -0.868. The molecule has 2 heteroatoms. The molecule has 0 aliphatic heterocycles. The first-order chi connectivity index (χ1) is 3.06. The molecule has 2 nitrogen and oxygen atoms in total. The van der Waals surface area contributed by atoms with Crippen LogP contribution in [0.4, 0.5) is 0 Å². The summed E-state index contributed by atoms with van der Waals surface area (Å²) in [7, 11) is 6.40. The lowest BCUT2D eigenvalue weighted by atomic mass is 10.5. The Balaban J connectivity index is 3.15. The van der Waals surface area contributed by atoms with Gasteiger partial charge >= 0.3 is 0 Å². The van der Waals surface area contributed by atoms with E-state index in [1.165, 1.54) is 0 Å². The maximum atomic E-state index is 5.30. The van der Waals surface area contributed by atoms with Crippen molar-refractivity contribution in [2.24, 2.45) is 5.73 Å². The third kappa shape index (κ3) is 5.92. The highest BCUT2D eigenvalue weighted by molar-refractivity contribution is 4.26. The van der Waals surface area contributed by atoms with Crippen LogP contribution in [-0.2, 0) is 0 Å². The van der Waals surface area contributed by atoms with Gasteiger partial charge in [0.1, 0.15) is 0 Å². The number of hydrogen-bond donors (Lipinski definition) is 1. The molecule has 0 fully saturated rings. The molecule has 0 aliphatic rings. The largest absolute Gasteiger partial charge is 0.330 e. The van der Waals surface area contributed by atoms with Crippen molar-refractivity contribution in [2.75, 3.05) is 34.2 Å². The molecule has 44 valence electrons. The number of nitrogens with two attached hydrogens (primary N) is 1. The van der Waals surface area contributed by atoms with Crippen LogP contribution in [0, 0.1) is 0 Å². The summed E-state index contributed by atoms with van der Waals surface area (Å²) in [6.07, 6.45) is 0. The highest BCUT2D eigenvalue weighted by Crippen LogP contribution is 1.83. The van der Waals surface area contributed by atoms with Crippen LogP contribution in [0.15, 0.2) is 0 Å². The molecule has 0 saturated carbocycles. The van der Waals surface area contributed by atoms with Gasteiger partial charge in [-0.1, -0.05) is 0 Å². The van der Waals surface area contributed by atoms with Gasteiger partial charge in [0.25, 0.3) is 0 Å². The molecule has 0 spiro atoms. The quantitative estimate of drug-likeness (QED) is 0.475. The van der Waals surface area contributed by atoms with E-state index in [4.69, 9.17) is 5.73 Å². The lowest BCUT2D eigenvalue weighted by Gasteiger charge is -2.22. The van der Waals surface area contributed by atoms with Crippen LogP contribution in [0.3, 0.4) is 0 Å². The highest BCUT2D eigenvalue weighted by Gasteiger charge is 2.01. The van der Waals surface area contributed by atoms with Crippen LogP contribution in [0.2, 0.25) is 0 Å². The van der Waals surface area contributed by atoms with Gasteiger partial charge in [0, 0.05) is 6.54 Å². The number of quaternary nitrogens is 1. The molecule has 0 atom stereocenters. The SMILES string of the molecule is C[N+](C)(C)CCN. The van der Waals surface area contributed by atoms with E-state index < -0.39 is 0 Å². The molecule has 0 radical (unpaired) electrons. The summed E-state index contributed by atoms with van der Waals surface area (Å²) in [6, 6.07) is 0. The topological polar surface area (TPSA) is 26.0 Å². The monoisotopic (exact) mass is 103 g/mol. The molecule has 0 unspecified atom stereocenters. The molecule has 0 amide bonds. The zero-order valence-corrected chi connectivity index (χ0v) is 5.44. The molecule has 7 heavy (non-hydrogen) atoms. The minimum absolute atomic E-state index is 0.781. The Morgan fingerprint density at radius 1 is 1.29 bits per heavy atom. The smallest absolute Gasteiger partial charge is 0.0905 e. The Labute approximate surface area is 45.5 Å². The fourth-order valence-electron chi connectivity index (χ4n) is 0.387. The molecule has 0 aromatic carbocycles. The van der Waals surface area contributed by atoms with Gasteiger partial charge in [0.2, 0.25) is 0 Å². The second-order valence-corrected chi connectivity index (χ2v) is 2.80. The minimum atomic E-state index is 0.781. The summed E-state index contributed by atoms with van der Waals surface area (Å²) >= 11 is 0. The van der Waals surface area contributed by atoms with E-state index in [1.54, 1.807) is 0 Å². The summed E-state index contributed by atoms with van der Waals surface area (Å²) in [5.74, 6) is 0. The maximum absolute atomic E-state index is 5.30. The van der Waals surface area contributed by atoms with Crippen molar-refractivity contribution >= 4 is 0 Å². The summed E-state index contributed by atoms with van der Waals surface area (Å²) < 4.78 is 0.969. The normalized spacial score (nSPS) is 12.0. The standard InChI is InChI=1S/C5H15N2/c1-7(2,3)5-4-6/h4-6H2,1-3H3/q+1. The first kappa shape index (κ1) is 6.92. The molecule has 0 aliphatic carbocycles. The van der Waals surface area contributed by atoms with Gasteiger partial charge in [0.15, 0.2) is 0 Å². The van der Waals surface area contributed by atoms with E-state index >= 15 is 0 Å². The fourth-order valence-corrected chi connectivity index (χ4v) is 0.387. The number of likely N-dealkylation sites (N-methyl/N-ethyl adjacent to an activating group) is 1. The molecular formula is C5H15N2+. The lowest BCUT2D eigenvalue weighted by Crippen LogP contribution is -2.38. The van der Waals surface area contributed by atoms with Crippen molar-refractivity contribution in [3.05, 3.63) is 0 Å². The van der Waals surface area contributed by atoms with Crippen LogP contribution < -0.4 is 5.73 Å². The average molecular weight is 103 g/mol. The molecule has 0 aromatic rings. The summed E-state index contributed by atoms with van der Waals surface area (Å²) in [5.41, 5.74) is 5.30. The van der Waals surface area contributed by atoms with E-state index in [9.17, 15) is 0 Å². The van der Waals surface area contributed by atoms with E-state index in [1.807, 2.05) is 0 Å². The summed E-state index contributed by atoms with van der Waals surface area (Å²) in [6.45, 7) is 1.84. The molecule has 0 aromatic heterocycles. The van der Waals surface area contributed by atoms with Crippen LogP contribution >= 0.6 is 0 Å². The van der Waals surface area contributed by atoms with Gasteiger partial charge < -0.3 is 10.2 Å². The van der Waals surface area contributed by atoms with Crippen molar-refractivity contribution < 1.29 is 4.48 Å². The minimum Gasteiger partial charge on any atom is -0.330 e. The second kappa shape index (κ2) is 2.28. The van der Waals surface area contributed by atoms with Gasteiger partial charge in [0.05, 0.1) is 27.7 Å². The third-order valence-electron chi connectivity index (χ3n) is 0.800. The highest BCUT2D eigenvalue weighted by atomic mass is 15.3. The Kier molecular flexibility index (Phi) is 2.26. The van der Waals surface area contributed by atoms with Gasteiger partial charge in [-0.05, 0) is 0 Å². The second-order valence-electron chi connectivity index (χ2n) is 2.80. The zero-order chi connectivity index (χ0) is 5.91. The molecule has 0 rings (SSSR count). The van der Waals surface area contributed by atoms with Crippen molar-refractivity contribution in [2.45, 2.75) is 0 Å². The van der Waals surface area contributed by atoms with Crippen molar-refractivity contribution in [3.8, 4) is 0 Å². The maximum Gasteiger partial charge on any atom is 0.0905 e. The summed E-state index contributed by atoms with van der Waals surface area (Å²) in [4.78, 5) is 0. The van der Waals surface area contributed by atoms with Gasteiger partial charge in [-0.3, -0.25) is 0 Å². The average Bonchev–Trinajstić information content (AvgIpc) is 1.30. The molecule has 0 saturated heterocycles. The van der Waals surface area contributed by atoms with E-state index in [-0.39, 0.29) is 0 Å². The molecular weight excluding hydrogens is 88.1 g/mol. The predicted molar refractivity (Wildman–Crippen MR) is 32.0 cm³/mol. The van der Waals surface area contributed by atoms with Crippen molar-refractivity contribution in [1.29, 1.82) is 0 Å². The number of nitrogens with zero attached hydrogens (tertiary/aromatic N) is 1. The Morgan fingerprint density at radius 3 is 1.71 bits per heavy atom. The van der Waals surface area contributed by atoms with Crippen molar-refractivity contribution in [1.82, 2.24) is 0 Å². The Morgan fingerprint density at radius 2 is 1.71 bits per heavy atom. The van der Waals surface area contributed by atoms with Crippen LogP contribution in [-0.4, -0.2) is 38.7 Å². The predicted octanol–water partition coefficient (Wildman–Crippen LogP) is -0.349. The first-order valence-electron chi connectivity index (χ1n) is 2.57. The van der Waals surface area contributed by atoms with Gasteiger partial charge in [-0.25, -0.2) is 0 Å². The first-order valence-corrected chi connectivity index (χ1v) is 2.57. The fraction of sp³-hybridized carbons (Fsp3) is 1.00. The van der Waals surface area contributed by atoms with Crippen LogP contribution in [0.25, 0.3) is 0 Å². The van der Waals surface area contributed by atoms with Crippen molar-refractivity contribution in [3.63, 3.8) is 0 Å². The number of hydrogen-bond acceptors (Lipinski definition) is 1. The van der Waals surface area contributed by atoms with E-state index in [2.05, 4.69) is 21.1 Å². The van der Waals surface area contributed by atoms with Crippen LogP contribution in [0.1, 0.15) is 0 Å². The van der Waals surface area contributed by atoms with Gasteiger partial charge in [-0.2, -0.15) is 0 Å². The zero-order valence-electron chi connectivity index (χ0n) is 5.44. The van der Waals surface area contributed by atoms with Crippen LogP contribution in [0.5, 0.6) is 0 Å². The molecule has 0 bridgehead atoms.